The van der Waals surface area contributed by atoms with E-state index in [1.165, 1.54) is 0 Å². The van der Waals surface area contributed by atoms with Crippen LogP contribution in [0.25, 0.3) is 0 Å². The molecule has 7 nitrogen and oxygen atoms in total. The van der Waals surface area contributed by atoms with E-state index in [9.17, 15) is 18.0 Å². The Labute approximate surface area is 193 Å². The van der Waals surface area contributed by atoms with Crippen LogP contribution in [-0.2, 0) is 21.2 Å². The van der Waals surface area contributed by atoms with Crippen LogP contribution in [0, 0.1) is 0 Å². The Bertz CT molecular complexity index is 1110. The number of hydrogen-bond donors (Lipinski definition) is 1. The van der Waals surface area contributed by atoms with E-state index in [4.69, 9.17) is 11.6 Å². The molecule has 1 saturated heterocycles. The summed E-state index contributed by atoms with van der Waals surface area (Å²) >= 11 is 5.83. The van der Waals surface area contributed by atoms with E-state index in [1.54, 1.807) is 51.7 Å². The lowest BCUT2D eigenvalue weighted by Crippen LogP contribution is -2.35. The Morgan fingerprint density at radius 3 is 2.41 bits per heavy atom. The molecule has 2 aliphatic rings. The Kier molecular flexibility index (Phi) is 6.83. The lowest BCUT2D eigenvalue weighted by Gasteiger charge is -2.26. The highest BCUT2D eigenvalue weighted by Gasteiger charge is 2.30. The van der Waals surface area contributed by atoms with E-state index < -0.39 is 10.0 Å². The number of benzene rings is 2. The summed E-state index contributed by atoms with van der Waals surface area (Å²) in [5.41, 5.74) is 2.09. The normalized spacial score (nSPS) is 16.6. The quantitative estimate of drug-likeness (QED) is 0.695. The molecule has 0 atom stereocenters. The summed E-state index contributed by atoms with van der Waals surface area (Å²) < 4.78 is 27.4. The second-order valence-electron chi connectivity index (χ2n) is 8.06. The third-order valence-electron chi connectivity index (χ3n) is 5.93. The van der Waals surface area contributed by atoms with Crippen LogP contribution in [-0.4, -0.2) is 50.7 Å². The fourth-order valence-electron chi connectivity index (χ4n) is 4.17. The van der Waals surface area contributed by atoms with Crippen molar-refractivity contribution in [1.82, 2.24) is 9.62 Å². The Morgan fingerprint density at radius 2 is 1.69 bits per heavy atom. The van der Waals surface area contributed by atoms with Gasteiger partial charge in [0.1, 0.15) is 0 Å². The molecule has 0 bridgehead atoms. The number of nitrogens with one attached hydrogen (secondary N) is 1. The van der Waals surface area contributed by atoms with E-state index in [2.05, 4.69) is 5.32 Å². The molecule has 0 saturated carbocycles. The van der Waals surface area contributed by atoms with Crippen LogP contribution in [0.3, 0.4) is 0 Å². The summed E-state index contributed by atoms with van der Waals surface area (Å²) in [6.07, 6.45) is 3.61. The Hall–Kier alpha value is -2.42. The molecule has 1 N–H and O–H groups in total. The third-order valence-corrected chi connectivity index (χ3v) is 8.08. The van der Waals surface area contributed by atoms with E-state index in [0.717, 1.165) is 30.5 Å². The maximum Gasteiger partial charge on any atom is 0.251 e. The lowest BCUT2D eigenvalue weighted by molar-refractivity contribution is -0.118. The van der Waals surface area contributed by atoms with Gasteiger partial charge in [0, 0.05) is 48.9 Å². The monoisotopic (exact) mass is 475 g/mol. The highest BCUT2D eigenvalue weighted by Crippen LogP contribution is 2.32. The first-order chi connectivity index (χ1) is 15.4. The van der Waals surface area contributed by atoms with Crippen molar-refractivity contribution in [2.75, 3.05) is 31.1 Å². The van der Waals surface area contributed by atoms with Crippen molar-refractivity contribution in [3.05, 3.63) is 58.6 Å². The first-order valence-corrected chi connectivity index (χ1v) is 12.7. The minimum Gasteiger partial charge on any atom is -0.352 e. The molecule has 170 valence electrons. The van der Waals surface area contributed by atoms with Gasteiger partial charge in [-0.2, -0.15) is 4.31 Å². The fraction of sp³-hybridized carbons (Fsp3) is 0.391. The smallest absolute Gasteiger partial charge is 0.251 e. The van der Waals surface area contributed by atoms with Gasteiger partial charge in [-0.25, -0.2) is 8.42 Å². The van der Waals surface area contributed by atoms with Gasteiger partial charge in [0.25, 0.3) is 5.91 Å². The Morgan fingerprint density at radius 1 is 0.969 bits per heavy atom. The minimum atomic E-state index is -3.50. The number of carbonyl (C=O) groups excluding carboxylic acids is 2. The number of anilines is 1. The second kappa shape index (κ2) is 9.60. The lowest BCUT2D eigenvalue weighted by atomic mass is 10.2. The zero-order chi connectivity index (χ0) is 22.7. The largest absolute Gasteiger partial charge is 0.352 e. The van der Waals surface area contributed by atoms with E-state index in [0.29, 0.717) is 41.5 Å². The number of nitrogens with zero attached hydrogens (tertiary/aromatic N) is 2. The number of sulfonamides is 1. The first kappa shape index (κ1) is 22.8. The molecule has 2 aromatic carbocycles. The summed E-state index contributed by atoms with van der Waals surface area (Å²) in [6, 6.07) is 11.6. The van der Waals surface area contributed by atoms with Gasteiger partial charge < -0.3 is 10.2 Å². The number of fused-ring (bicyclic) bond motifs is 1. The average Bonchev–Trinajstić information content (AvgIpc) is 3.23. The van der Waals surface area contributed by atoms with Gasteiger partial charge in [-0.1, -0.05) is 18.0 Å². The average molecular weight is 476 g/mol. The predicted molar refractivity (Wildman–Crippen MR) is 124 cm³/mol. The molecule has 9 heteroatoms. The summed E-state index contributed by atoms with van der Waals surface area (Å²) in [7, 11) is -3.50. The summed E-state index contributed by atoms with van der Waals surface area (Å²) in [4.78, 5) is 26.9. The highest BCUT2D eigenvalue weighted by atomic mass is 35.5. The van der Waals surface area contributed by atoms with Gasteiger partial charge in [0.2, 0.25) is 15.9 Å². The number of rotatable bonds is 6. The Balaban J connectivity index is 1.37. The van der Waals surface area contributed by atoms with Gasteiger partial charge in [-0.15, -0.1) is 0 Å². The fourth-order valence-corrected chi connectivity index (χ4v) is 5.87. The van der Waals surface area contributed by atoms with E-state index >= 15 is 0 Å². The van der Waals surface area contributed by atoms with Crippen LogP contribution in [0.2, 0.25) is 5.02 Å². The number of hydrogen-bond acceptors (Lipinski definition) is 4. The van der Waals surface area contributed by atoms with Crippen molar-refractivity contribution in [2.45, 2.75) is 37.0 Å². The molecule has 0 unspecified atom stereocenters. The third kappa shape index (κ3) is 4.82. The maximum absolute atomic E-state index is 12.9. The molecule has 2 amide bonds. The van der Waals surface area contributed by atoms with E-state index in [1.807, 2.05) is 0 Å². The zero-order valence-corrected chi connectivity index (χ0v) is 19.3. The molecular formula is C23H26ClN3O4S. The molecule has 0 aliphatic carbocycles. The number of halogens is 1. The number of amides is 2. The van der Waals surface area contributed by atoms with E-state index in [-0.39, 0.29) is 24.8 Å². The summed E-state index contributed by atoms with van der Waals surface area (Å²) in [5.74, 6) is -0.365. The molecule has 4 rings (SSSR count). The van der Waals surface area contributed by atoms with Crippen molar-refractivity contribution in [3.63, 3.8) is 0 Å². The van der Waals surface area contributed by atoms with Crippen LogP contribution >= 0.6 is 11.6 Å². The molecule has 32 heavy (non-hydrogen) atoms. The van der Waals surface area contributed by atoms with Gasteiger partial charge in [0.05, 0.1) is 4.90 Å². The number of piperidine rings is 1. The highest BCUT2D eigenvalue weighted by molar-refractivity contribution is 7.89. The van der Waals surface area contributed by atoms with Crippen molar-refractivity contribution in [3.8, 4) is 0 Å². The molecule has 0 radical (unpaired) electrons. The van der Waals surface area contributed by atoms with Crippen LogP contribution in [0.5, 0.6) is 0 Å². The number of carbonyl (C=O) groups is 2. The van der Waals surface area contributed by atoms with Crippen molar-refractivity contribution in [2.24, 2.45) is 0 Å². The molecule has 0 aromatic heterocycles. The first-order valence-electron chi connectivity index (χ1n) is 10.8. The van der Waals surface area contributed by atoms with Crippen LogP contribution in [0.15, 0.2) is 47.4 Å². The molecule has 2 heterocycles. The molecule has 2 aromatic rings. The second-order valence-corrected chi connectivity index (χ2v) is 10.4. The van der Waals surface area contributed by atoms with Gasteiger partial charge in [0.15, 0.2) is 0 Å². The van der Waals surface area contributed by atoms with Gasteiger partial charge in [-0.3, -0.25) is 9.59 Å². The maximum atomic E-state index is 12.9. The standard InChI is InChI=1S/C23H26ClN3O4S/c24-19-6-4-17(5-7-19)23(29)25-12-10-22(28)27-15-11-18-16-20(8-9-21(18)27)32(30,31)26-13-2-1-3-14-26/h4-9,16H,1-3,10-15H2,(H,25,29). The van der Waals surface area contributed by atoms with Crippen molar-refractivity contribution >= 4 is 39.1 Å². The zero-order valence-electron chi connectivity index (χ0n) is 17.7. The SMILES string of the molecule is O=C(NCCC(=O)N1CCc2cc(S(=O)(=O)N3CCCCC3)ccc21)c1ccc(Cl)cc1. The summed E-state index contributed by atoms with van der Waals surface area (Å²) in [5, 5.41) is 3.30. The molecule has 0 spiro atoms. The van der Waals surface area contributed by atoms with Crippen molar-refractivity contribution < 1.29 is 18.0 Å². The molecule has 2 aliphatic heterocycles. The van der Waals surface area contributed by atoms with Crippen molar-refractivity contribution in [1.29, 1.82) is 0 Å². The summed E-state index contributed by atoms with van der Waals surface area (Å²) in [6.45, 7) is 1.84. The van der Waals surface area contributed by atoms with Crippen LogP contribution in [0.4, 0.5) is 5.69 Å². The predicted octanol–water partition coefficient (Wildman–Crippen LogP) is 3.22. The topological polar surface area (TPSA) is 86.8 Å². The minimum absolute atomic E-state index is 0.105. The van der Waals surface area contributed by atoms with Crippen LogP contribution < -0.4 is 10.2 Å². The van der Waals surface area contributed by atoms with Gasteiger partial charge >= 0.3 is 0 Å². The van der Waals surface area contributed by atoms with Crippen LogP contribution in [0.1, 0.15) is 41.6 Å². The molecular weight excluding hydrogens is 450 g/mol. The van der Waals surface area contributed by atoms with Gasteiger partial charge in [-0.05, 0) is 67.3 Å². The molecule has 1 fully saturated rings.